The molecular formula is C23H30N2O3S. The number of amides is 1. The Balaban J connectivity index is 1.48. The van der Waals surface area contributed by atoms with Gasteiger partial charge < -0.3 is 14.8 Å². The predicted octanol–water partition coefficient (Wildman–Crippen LogP) is 4.07. The molecule has 0 aromatic heterocycles. The van der Waals surface area contributed by atoms with Gasteiger partial charge in [-0.25, -0.2) is 0 Å². The van der Waals surface area contributed by atoms with Crippen LogP contribution >= 0.6 is 11.8 Å². The summed E-state index contributed by atoms with van der Waals surface area (Å²) in [6.07, 6.45) is 4.33. The van der Waals surface area contributed by atoms with Gasteiger partial charge in [-0.3, -0.25) is 9.69 Å². The minimum atomic E-state index is -0.0965. The number of ether oxygens (including phenoxy) is 2. The van der Waals surface area contributed by atoms with Crippen molar-refractivity contribution in [3.05, 3.63) is 53.6 Å². The molecule has 0 unspecified atom stereocenters. The van der Waals surface area contributed by atoms with Crippen molar-refractivity contribution < 1.29 is 14.3 Å². The van der Waals surface area contributed by atoms with Gasteiger partial charge in [0.2, 0.25) is 0 Å². The predicted molar refractivity (Wildman–Crippen MR) is 118 cm³/mol. The van der Waals surface area contributed by atoms with E-state index in [4.69, 9.17) is 9.47 Å². The molecule has 0 bridgehead atoms. The fourth-order valence-electron chi connectivity index (χ4n) is 3.74. The van der Waals surface area contributed by atoms with E-state index in [0.29, 0.717) is 29.5 Å². The van der Waals surface area contributed by atoms with Gasteiger partial charge in [-0.05, 0) is 61.9 Å². The summed E-state index contributed by atoms with van der Waals surface area (Å²) in [6, 6.07) is 13.9. The number of carbonyl (C=O) groups excluding carboxylic acids is 1. The van der Waals surface area contributed by atoms with E-state index in [1.165, 1.54) is 10.5 Å². The molecular weight excluding hydrogens is 384 g/mol. The second-order valence-corrected chi connectivity index (χ2v) is 8.16. The Kier molecular flexibility index (Phi) is 7.83. The highest BCUT2D eigenvalue weighted by atomic mass is 32.2. The number of rotatable bonds is 8. The van der Waals surface area contributed by atoms with Crippen molar-refractivity contribution in [3.63, 3.8) is 0 Å². The minimum Gasteiger partial charge on any atom is -0.497 e. The van der Waals surface area contributed by atoms with Gasteiger partial charge in [0.05, 0.1) is 19.8 Å². The summed E-state index contributed by atoms with van der Waals surface area (Å²) in [6.45, 7) is 3.83. The number of thioether (sulfide) groups is 1. The topological polar surface area (TPSA) is 50.8 Å². The minimum absolute atomic E-state index is 0.0965. The Hall–Kier alpha value is -2.18. The fraction of sp³-hybridized carbons (Fsp3) is 0.435. The summed E-state index contributed by atoms with van der Waals surface area (Å²) < 4.78 is 10.5. The number of hydrogen-bond acceptors (Lipinski definition) is 5. The van der Waals surface area contributed by atoms with Crippen LogP contribution in [0, 0.1) is 5.92 Å². The van der Waals surface area contributed by atoms with Crippen LogP contribution in [-0.4, -0.2) is 50.9 Å². The Labute approximate surface area is 177 Å². The van der Waals surface area contributed by atoms with Gasteiger partial charge in [0.25, 0.3) is 5.91 Å². The zero-order valence-electron chi connectivity index (χ0n) is 17.4. The molecule has 1 aliphatic rings. The molecule has 1 aliphatic heterocycles. The third-order valence-corrected chi connectivity index (χ3v) is 6.34. The van der Waals surface area contributed by atoms with E-state index in [1.54, 1.807) is 44.2 Å². The van der Waals surface area contributed by atoms with E-state index in [9.17, 15) is 4.79 Å². The maximum Gasteiger partial charge on any atom is 0.255 e. The third-order valence-electron chi connectivity index (χ3n) is 5.50. The number of likely N-dealkylation sites (tertiary alicyclic amines) is 1. The van der Waals surface area contributed by atoms with Crippen molar-refractivity contribution >= 4 is 17.7 Å². The van der Waals surface area contributed by atoms with Crippen LogP contribution in [0.15, 0.2) is 47.4 Å². The zero-order valence-corrected chi connectivity index (χ0v) is 18.3. The fourth-order valence-corrected chi connectivity index (χ4v) is 4.35. The lowest BCUT2D eigenvalue weighted by molar-refractivity contribution is 0.0932. The van der Waals surface area contributed by atoms with E-state index in [2.05, 4.69) is 40.7 Å². The lowest BCUT2D eigenvalue weighted by Crippen LogP contribution is -2.38. The van der Waals surface area contributed by atoms with E-state index < -0.39 is 0 Å². The number of nitrogens with zero attached hydrogens (tertiary/aromatic N) is 1. The Bertz CT molecular complexity index is 820. The standard InChI is InChI=1S/C23H30N2O3S/c1-27-19-8-9-20(21(14-19)28-2)23(26)24-15-17-10-12-25(13-11-17)16-18-6-4-5-7-22(18)29-3/h4-9,14,17H,10-13,15-16H2,1-3H3,(H,24,26). The maximum atomic E-state index is 12.6. The van der Waals surface area contributed by atoms with Crippen molar-refractivity contribution in [2.45, 2.75) is 24.3 Å². The van der Waals surface area contributed by atoms with Crippen LogP contribution < -0.4 is 14.8 Å². The van der Waals surface area contributed by atoms with Crippen LogP contribution in [0.3, 0.4) is 0 Å². The average molecular weight is 415 g/mol. The molecule has 29 heavy (non-hydrogen) atoms. The lowest BCUT2D eigenvalue weighted by Gasteiger charge is -2.32. The van der Waals surface area contributed by atoms with Crippen molar-refractivity contribution in [2.24, 2.45) is 5.92 Å². The summed E-state index contributed by atoms with van der Waals surface area (Å²) in [4.78, 5) is 16.5. The van der Waals surface area contributed by atoms with Crippen LogP contribution in [0.1, 0.15) is 28.8 Å². The van der Waals surface area contributed by atoms with Gasteiger partial charge in [-0.1, -0.05) is 18.2 Å². The first-order chi connectivity index (χ1) is 14.1. The van der Waals surface area contributed by atoms with Crippen molar-refractivity contribution in [1.29, 1.82) is 0 Å². The number of carbonyl (C=O) groups is 1. The molecule has 3 rings (SSSR count). The molecule has 2 aromatic carbocycles. The van der Waals surface area contributed by atoms with Crippen LogP contribution in [0.5, 0.6) is 11.5 Å². The van der Waals surface area contributed by atoms with Gasteiger partial charge in [-0.15, -0.1) is 11.8 Å². The molecule has 0 atom stereocenters. The van der Waals surface area contributed by atoms with Crippen molar-refractivity contribution in [2.75, 3.05) is 40.1 Å². The van der Waals surface area contributed by atoms with Crippen molar-refractivity contribution in [3.8, 4) is 11.5 Å². The molecule has 1 saturated heterocycles. The van der Waals surface area contributed by atoms with Crippen LogP contribution in [-0.2, 0) is 6.54 Å². The molecule has 1 fully saturated rings. The van der Waals surface area contributed by atoms with E-state index in [-0.39, 0.29) is 5.91 Å². The average Bonchev–Trinajstić information content (AvgIpc) is 2.78. The molecule has 0 radical (unpaired) electrons. The molecule has 5 nitrogen and oxygen atoms in total. The summed E-state index contributed by atoms with van der Waals surface area (Å²) in [5.74, 6) is 1.62. The number of piperidine rings is 1. The van der Waals surface area contributed by atoms with Gasteiger partial charge in [0.15, 0.2) is 0 Å². The molecule has 0 aliphatic carbocycles. The van der Waals surface area contributed by atoms with Gasteiger partial charge in [-0.2, -0.15) is 0 Å². The first kappa shape index (κ1) is 21.5. The summed E-state index contributed by atoms with van der Waals surface area (Å²) in [7, 11) is 3.16. The summed E-state index contributed by atoms with van der Waals surface area (Å²) in [5.41, 5.74) is 1.94. The van der Waals surface area contributed by atoms with Crippen LogP contribution in [0.4, 0.5) is 0 Å². The molecule has 2 aromatic rings. The van der Waals surface area contributed by atoms with E-state index >= 15 is 0 Å². The highest BCUT2D eigenvalue weighted by molar-refractivity contribution is 7.98. The maximum absolute atomic E-state index is 12.6. The van der Waals surface area contributed by atoms with E-state index in [0.717, 1.165) is 32.5 Å². The molecule has 6 heteroatoms. The quantitative estimate of drug-likeness (QED) is 0.660. The molecule has 156 valence electrons. The highest BCUT2D eigenvalue weighted by Gasteiger charge is 2.21. The molecule has 0 spiro atoms. The Morgan fingerprint density at radius 2 is 1.90 bits per heavy atom. The SMILES string of the molecule is COc1ccc(C(=O)NCC2CCN(Cc3ccccc3SC)CC2)c(OC)c1. The van der Waals surface area contributed by atoms with Gasteiger partial charge in [0, 0.05) is 24.1 Å². The van der Waals surface area contributed by atoms with Crippen molar-refractivity contribution in [1.82, 2.24) is 10.2 Å². The second kappa shape index (κ2) is 10.6. The highest BCUT2D eigenvalue weighted by Crippen LogP contribution is 2.26. The molecule has 1 heterocycles. The Morgan fingerprint density at radius 3 is 2.59 bits per heavy atom. The molecule has 0 saturated carbocycles. The van der Waals surface area contributed by atoms with Crippen LogP contribution in [0.25, 0.3) is 0 Å². The number of benzene rings is 2. The normalized spacial score (nSPS) is 15.1. The third kappa shape index (κ3) is 5.67. The largest absolute Gasteiger partial charge is 0.497 e. The molecule has 1 N–H and O–H groups in total. The number of hydrogen-bond donors (Lipinski definition) is 1. The first-order valence-corrected chi connectivity index (χ1v) is 11.2. The summed E-state index contributed by atoms with van der Waals surface area (Å²) in [5, 5.41) is 3.08. The smallest absolute Gasteiger partial charge is 0.255 e. The zero-order chi connectivity index (χ0) is 20.6. The first-order valence-electron chi connectivity index (χ1n) is 9.99. The Morgan fingerprint density at radius 1 is 1.14 bits per heavy atom. The van der Waals surface area contributed by atoms with Gasteiger partial charge >= 0.3 is 0 Å². The number of nitrogens with one attached hydrogen (secondary N) is 1. The van der Waals surface area contributed by atoms with E-state index in [1.807, 2.05) is 0 Å². The number of methoxy groups -OCH3 is 2. The summed E-state index contributed by atoms with van der Waals surface area (Å²) >= 11 is 1.81. The lowest BCUT2D eigenvalue weighted by atomic mass is 9.96. The van der Waals surface area contributed by atoms with Crippen LogP contribution in [0.2, 0.25) is 0 Å². The second-order valence-electron chi connectivity index (χ2n) is 7.31. The van der Waals surface area contributed by atoms with Gasteiger partial charge in [0.1, 0.15) is 11.5 Å². The molecule has 1 amide bonds. The monoisotopic (exact) mass is 414 g/mol.